The molecule has 0 aliphatic heterocycles. The maximum Gasteiger partial charge on any atom is 0.319 e. The number of amides is 2. The van der Waals surface area contributed by atoms with E-state index in [0.29, 0.717) is 5.69 Å². The number of H-pyrrole nitrogens is 1. The number of aromatic nitrogens is 2. The minimum absolute atomic E-state index is 0.219. The molecule has 0 saturated heterocycles. The van der Waals surface area contributed by atoms with Crippen LogP contribution in [0.3, 0.4) is 0 Å². The van der Waals surface area contributed by atoms with Crippen LogP contribution in [0.2, 0.25) is 0 Å². The molecule has 2 amide bonds. The molecule has 1 aromatic carbocycles. The molecule has 0 bridgehead atoms. The number of rotatable bonds is 3. The zero-order chi connectivity index (χ0) is 14.7. The van der Waals surface area contributed by atoms with Crippen molar-refractivity contribution >= 4 is 11.7 Å². The number of hydrogen-bond acceptors (Lipinski definition) is 2. The van der Waals surface area contributed by atoms with Crippen molar-refractivity contribution in [3.8, 4) is 0 Å². The van der Waals surface area contributed by atoms with Gasteiger partial charge in [-0.1, -0.05) is 12.1 Å². The number of halogens is 1. The molecule has 1 aromatic heterocycles. The van der Waals surface area contributed by atoms with Crippen molar-refractivity contribution in [3.05, 3.63) is 47.0 Å². The van der Waals surface area contributed by atoms with Crippen LogP contribution in [0.15, 0.2) is 24.3 Å². The van der Waals surface area contributed by atoms with Gasteiger partial charge in [0.25, 0.3) is 0 Å². The van der Waals surface area contributed by atoms with Gasteiger partial charge in [0.15, 0.2) is 0 Å². The van der Waals surface area contributed by atoms with E-state index in [2.05, 4.69) is 20.8 Å². The predicted molar refractivity (Wildman–Crippen MR) is 75.0 cm³/mol. The molecular formula is C14H17FN4O. The van der Waals surface area contributed by atoms with E-state index in [1.807, 2.05) is 20.8 Å². The molecule has 2 rings (SSSR count). The van der Waals surface area contributed by atoms with Crippen LogP contribution in [0.4, 0.5) is 14.9 Å². The fourth-order valence-corrected chi connectivity index (χ4v) is 1.92. The molecule has 0 spiro atoms. The number of nitrogens with zero attached hydrogens (tertiary/aromatic N) is 1. The second kappa shape index (κ2) is 5.73. The van der Waals surface area contributed by atoms with Gasteiger partial charge in [-0.2, -0.15) is 5.10 Å². The summed E-state index contributed by atoms with van der Waals surface area (Å²) in [5, 5.41) is 12.4. The van der Waals surface area contributed by atoms with E-state index in [0.717, 1.165) is 17.0 Å². The molecule has 0 fully saturated rings. The fraction of sp³-hybridized carbons (Fsp3) is 0.286. The number of carbonyl (C=O) groups excluding carboxylic acids is 1. The molecular weight excluding hydrogens is 259 g/mol. The molecule has 5 nitrogen and oxygen atoms in total. The van der Waals surface area contributed by atoms with Crippen molar-refractivity contribution in [1.29, 1.82) is 0 Å². The first-order valence-electron chi connectivity index (χ1n) is 6.32. The zero-order valence-electron chi connectivity index (χ0n) is 11.6. The minimum atomic E-state index is -0.325. The third kappa shape index (κ3) is 3.14. The Bertz CT molecular complexity index is 587. The van der Waals surface area contributed by atoms with Crippen LogP contribution in [-0.4, -0.2) is 16.2 Å². The first kappa shape index (κ1) is 14.0. The van der Waals surface area contributed by atoms with Gasteiger partial charge in [-0.05, 0) is 38.5 Å². The maximum absolute atomic E-state index is 12.8. The van der Waals surface area contributed by atoms with Gasteiger partial charge in [0.2, 0.25) is 0 Å². The smallest absolute Gasteiger partial charge is 0.319 e. The highest BCUT2D eigenvalue weighted by atomic mass is 19.1. The number of aromatic amines is 1. The molecule has 0 radical (unpaired) electrons. The summed E-state index contributed by atoms with van der Waals surface area (Å²) in [6.45, 7) is 5.48. The van der Waals surface area contributed by atoms with Crippen LogP contribution in [0, 0.1) is 19.7 Å². The first-order chi connectivity index (χ1) is 9.47. The quantitative estimate of drug-likeness (QED) is 0.806. The molecule has 0 aliphatic rings. The number of carbonyl (C=O) groups is 1. The van der Waals surface area contributed by atoms with Crippen LogP contribution >= 0.6 is 0 Å². The van der Waals surface area contributed by atoms with Crippen LogP contribution in [-0.2, 0) is 0 Å². The van der Waals surface area contributed by atoms with Crippen LogP contribution in [0.1, 0.15) is 29.9 Å². The third-order valence-corrected chi connectivity index (χ3v) is 3.08. The molecule has 0 saturated carbocycles. The van der Waals surface area contributed by atoms with Crippen LogP contribution in [0.5, 0.6) is 0 Å². The van der Waals surface area contributed by atoms with E-state index in [9.17, 15) is 9.18 Å². The summed E-state index contributed by atoms with van der Waals surface area (Å²) in [4.78, 5) is 11.9. The Morgan fingerprint density at radius 1 is 1.30 bits per heavy atom. The molecule has 1 heterocycles. The highest BCUT2D eigenvalue weighted by molar-refractivity contribution is 5.90. The number of benzene rings is 1. The molecule has 1 atom stereocenters. The Kier molecular flexibility index (Phi) is 4.02. The van der Waals surface area contributed by atoms with Crippen molar-refractivity contribution in [2.75, 3.05) is 5.32 Å². The maximum atomic E-state index is 12.8. The molecule has 0 unspecified atom stereocenters. The summed E-state index contributed by atoms with van der Waals surface area (Å²) in [6.07, 6.45) is 0. The number of urea groups is 1. The second-order valence-electron chi connectivity index (χ2n) is 4.68. The molecule has 20 heavy (non-hydrogen) atoms. The predicted octanol–water partition coefficient (Wildman–Crippen LogP) is 3.05. The van der Waals surface area contributed by atoms with Gasteiger partial charge >= 0.3 is 6.03 Å². The molecule has 106 valence electrons. The Morgan fingerprint density at radius 2 is 1.95 bits per heavy atom. The van der Waals surface area contributed by atoms with Gasteiger partial charge in [0.1, 0.15) is 5.82 Å². The summed E-state index contributed by atoms with van der Waals surface area (Å²) >= 11 is 0. The lowest BCUT2D eigenvalue weighted by Gasteiger charge is -2.15. The Hall–Kier alpha value is -2.37. The number of nitrogens with one attached hydrogen (secondary N) is 3. The van der Waals surface area contributed by atoms with Crippen molar-refractivity contribution in [3.63, 3.8) is 0 Å². The Labute approximate surface area is 116 Å². The highest BCUT2D eigenvalue weighted by Gasteiger charge is 2.13. The Balaban J connectivity index is 1.99. The van der Waals surface area contributed by atoms with Gasteiger partial charge in [-0.3, -0.25) is 5.10 Å². The van der Waals surface area contributed by atoms with Crippen molar-refractivity contribution < 1.29 is 9.18 Å². The normalized spacial score (nSPS) is 12.0. The van der Waals surface area contributed by atoms with Crippen molar-refractivity contribution in [2.24, 2.45) is 0 Å². The summed E-state index contributed by atoms with van der Waals surface area (Å²) in [7, 11) is 0. The topological polar surface area (TPSA) is 69.8 Å². The van der Waals surface area contributed by atoms with E-state index >= 15 is 0 Å². The largest absolute Gasteiger partial charge is 0.331 e. The van der Waals surface area contributed by atoms with Gasteiger partial charge in [-0.25, -0.2) is 9.18 Å². The second-order valence-corrected chi connectivity index (χ2v) is 4.68. The standard InChI is InChI=1S/C14H17FN4O/c1-8(11-4-6-12(15)7-5-11)16-14(20)17-13-9(2)18-19-10(13)3/h4-8H,1-3H3,(H,18,19)(H2,16,17,20)/t8-/m0/s1. The minimum Gasteiger partial charge on any atom is -0.331 e. The summed E-state index contributed by atoms with van der Waals surface area (Å²) in [6, 6.07) is 5.49. The molecule has 2 aromatic rings. The Morgan fingerprint density at radius 3 is 2.50 bits per heavy atom. The van der Waals surface area contributed by atoms with E-state index in [4.69, 9.17) is 0 Å². The molecule has 0 aliphatic carbocycles. The summed E-state index contributed by atoms with van der Waals surface area (Å²) in [5.74, 6) is -0.296. The summed E-state index contributed by atoms with van der Waals surface area (Å²) in [5.41, 5.74) is 3.04. The fourth-order valence-electron chi connectivity index (χ4n) is 1.92. The van der Waals surface area contributed by atoms with Gasteiger partial charge in [-0.15, -0.1) is 0 Å². The monoisotopic (exact) mass is 276 g/mol. The van der Waals surface area contributed by atoms with Crippen molar-refractivity contribution in [2.45, 2.75) is 26.8 Å². The number of aryl methyl sites for hydroxylation is 2. The van der Waals surface area contributed by atoms with E-state index in [1.54, 1.807) is 12.1 Å². The van der Waals surface area contributed by atoms with Crippen LogP contribution in [0.25, 0.3) is 0 Å². The first-order valence-corrected chi connectivity index (χ1v) is 6.32. The SMILES string of the molecule is Cc1n[nH]c(C)c1NC(=O)N[C@@H](C)c1ccc(F)cc1. The highest BCUT2D eigenvalue weighted by Crippen LogP contribution is 2.17. The van der Waals surface area contributed by atoms with E-state index in [1.165, 1.54) is 12.1 Å². The summed E-state index contributed by atoms with van der Waals surface area (Å²) < 4.78 is 12.8. The molecule has 6 heteroatoms. The number of anilines is 1. The third-order valence-electron chi connectivity index (χ3n) is 3.08. The lowest BCUT2D eigenvalue weighted by molar-refractivity contribution is 0.249. The van der Waals surface area contributed by atoms with Gasteiger partial charge < -0.3 is 10.6 Å². The average molecular weight is 276 g/mol. The van der Waals surface area contributed by atoms with E-state index < -0.39 is 0 Å². The van der Waals surface area contributed by atoms with Gasteiger partial charge in [0, 0.05) is 0 Å². The van der Waals surface area contributed by atoms with Gasteiger partial charge in [0.05, 0.1) is 23.1 Å². The molecule has 3 N–H and O–H groups in total. The van der Waals surface area contributed by atoms with E-state index in [-0.39, 0.29) is 17.9 Å². The number of hydrogen-bond donors (Lipinski definition) is 3. The lowest BCUT2D eigenvalue weighted by Crippen LogP contribution is -2.31. The average Bonchev–Trinajstić information content (AvgIpc) is 2.71. The van der Waals surface area contributed by atoms with Crippen LogP contribution < -0.4 is 10.6 Å². The zero-order valence-corrected chi connectivity index (χ0v) is 11.6. The lowest BCUT2D eigenvalue weighted by atomic mass is 10.1. The van der Waals surface area contributed by atoms with Crippen molar-refractivity contribution in [1.82, 2.24) is 15.5 Å².